The maximum absolute atomic E-state index is 11.5. The predicted octanol–water partition coefficient (Wildman–Crippen LogP) is 1.47. The van der Waals surface area contributed by atoms with E-state index >= 15 is 0 Å². The van der Waals surface area contributed by atoms with Crippen molar-refractivity contribution in [3.8, 4) is 0 Å². The number of piperidine rings is 1. The zero-order valence-electron chi connectivity index (χ0n) is 17.0. The third kappa shape index (κ3) is 7.65. The van der Waals surface area contributed by atoms with Gasteiger partial charge in [0.1, 0.15) is 5.76 Å². The van der Waals surface area contributed by atoms with Crippen LogP contribution in [0.25, 0.3) is 0 Å². The molecular weight excluding hydrogens is 459 g/mol. The van der Waals surface area contributed by atoms with Crippen molar-refractivity contribution in [2.45, 2.75) is 51.6 Å². The van der Waals surface area contributed by atoms with Crippen molar-refractivity contribution in [3.05, 3.63) is 17.8 Å². The number of guanidine groups is 1. The lowest BCUT2D eigenvalue weighted by Crippen LogP contribution is -2.49. The molecule has 0 aromatic carbocycles. The molecule has 27 heavy (non-hydrogen) atoms. The minimum absolute atomic E-state index is 0. The molecule has 0 saturated carbocycles. The number of carbonyl (C=O) groups is 1. The Hall–Kier alpha value is -1.36. The highest BCUT2D eigenvalue weighted by Crippen LogP contribution is 2.22. The highest BCUT2D eigenvalue weighted by molar-refractivity contribution is 14.0. The molecule has 1 aliphatic heterocycles. The van der Waals surface area contributed by atoms with Crippen LogP contribution in [0.5, 0.6) is 0 Å². The van der Waals surface area contributed by atoms with E-state index in [-0.39, 0.29) is 35.3 Å². The number of likely N-dealkylation sites (tertiary alicyclic amines) is 1. The lowest BCUT2D eigenvalue weighted by atomic mass is 9.94. The fourth-order valence-electron chi connectivity index (χ4n) is 2.80. The fraction of sp³-hybridized carbons (Fsp3) is 0.722. The first-order valence-corrected chi connectivity index (χ1v) is 9.17. The number of hydrogen-bond acceptors (Lipinski definition) is 5. The third-order valence-electron chi connectivity index (χ3n) is 4.50. The number of likely N-dealkylation sites (N-methyl/N-ethyl adjacent to an activating group) is 1. The lowest BCUT2D eigenvalue weighted by Gasteiger charge is -2.32. The van der Waals surface area contributed by atoms with Gasteiger partial charge in [-0.2, -0.15) is 0 Å². The van der Waals surface area contributed by atoms with Crippen LogP contribution in [0, 0.1) is 0 Å². The van der Waals surface area contributed by atoms with Gasteiger partial charge in [-0.1, -0.05) is 20.8 Å². The molecule has 2 rings (SSSR count). The highest BCUT2D eigenvalue weighted by atomic mass is 127. The quantitative estimate of drug-likeness (QED) is 0.328. The van der Waals surface area contributed by atoms with E-state index in [1.165, 1.54) is 0 Å². The summed E-state index contributed by atoms with van der Waals surface area (Å²) in [5, 5.41) is 9.37. The van der Waals surface area contributed by atoms with E-state index in [0.717, 1.165) is 37.7 Å². The molecule has 1 amide bonds. The standard InChI is InChI=1S/C18H32N6O2.HI/c1-18(2,3)14-10-21-16(26-14)11-22-17(20-5)23-13-6-8-24(9-7-13)12-15(25)19-4;/h10,13H,6-9,11-12H2,1-5H3,(H,19,25)(H2,20,22,23);1H. The lowest BCUT2D eigenvalue weighted by molar-refractivity contribution is -0.122. The van der Waals surface area contributed by atoms with Crippen molar-refractivity contribution in [2.75, 3.05) is 33.7 Å². The number of nitrogens with zero attached hydrogens (tertiary/aromatic N) is 3. The van der Waals surface area contributed by atoms with Gasteiger partial charge in [0.05, 0.1) is 19.3 Å². The molecule has 1 aromatic heterocycles. The maximum Gasteiger partial charge on any atom is 0.233 e. The molecule has 8 nitrogen and oxygen atoms in total. The van der Waals surface area contributed by atoms with E-state index in [4.69, 9.17) is 4.42 Å². The van der Waals surface area contributed by atoms with Crippen molar-refractivity contribution < 1.29 is 9.21 Å². The summed E-state index contributed by atoms with van der Waals surface area (Å²) in [6, 6.07) is 0.344. The Bertz CT molecular complexity index is 618. The minimum atomic E-state index is -0.0478. The molecule has 0 atom stereocenters. The average molecular weight is 492 g/mol. The molecule has 154 valence electrons. The maximum atomic E-state index is 11.5. The van der Waals surface area contributed by atoms with Crippen LogP contribution in [0.2, 0.25) is 0 Å². The van der Waals surface area contributed by atoms with Crippen LogP contribution < -0.4 is 16.0 Å². The molecule has 0 spiro atoms. The van der Waals surface area contributed by atoms with Crippen LogP contribution >= 0.6 is 24.0 Å². The Labute approximate surface area is 179 Å². The van der Waals surface area contributed by atoms with Gasteiger partial charge in [-0.3, -0.25) is 14.7 Å². The van der Waals surface area contributed by atoms with Gasteiger partial charge in [0.25, 0.3) is 0 Å². The van der Waals surface area contributed by atoms with Crippen LogP contribution in [0.4, 0.5) is 0 Å². The summed E-state index contributed by atoms with van der Waals surface area (Å²) in [5.74, 6) is 2.33. The number of amides is 1. The molecular formula is C18H33IN6O2. The van der Waals surface area contributed by atoms with Crippen LogP contribution in [-0.2, 0) is 16.8 Å². The number of rotatable bonds is 5. The first kappa shape index (κ1) is 23.7. The Kier molecular flexibility index (Phi) is 9.51. The van der Waals surface area contributed by atoms with Gasteiger partial charge in [0.2, 0.25) is 11.8 Å². The molecule has 3 N–H and O–H groups in total. The number of nitrogens with one attached hydrogen (secondary N) is 3. The van der Waals surface area contributed by atoms with E-state index in [1.807, 2.05) is 0 Å². The first-order chi connectivity index (χ1) is 12.3. The largest absolute Gasteiger partial charge is 0.443 e. The summed E-state index contributed by atoms with van der Waals surface area (Å²) in [5.41, 5.74) is -0.0478. The van der Waals surface area contributed by atoms with Gasteiger partial charge in [0, 0.05) is 38.6 Å². The SMILES string of the molecule is CN=C(NCc1ncc(C(C)(C)C)o1)NC1CCN(CC(=O)NC)CC1.I. The summed E-state index contributed by atoms with van der Waals surface area (Å²) in [6.45, 7) is 9.06. The Morgan fingerprint density at radius 2 is 2.04 bits per heavy atom. The van der Waals surface area contributed by atoms with Crippen molar-refractivity contribution in [2.24, 2.45) is 4.99 Å². The zero-order valence-corrected chi connectivity index (χ0v) is 19.3. The first-order valence-electron chi connectivity index (χ1n) is 9.17. The molecule has 1 saturated heterocycles. The van der Waals surface area contributed by atoms with Crippen molar-refractivity contribution in [1.29, 1.82) is 0 Å². The summed E-state index contributed by atoms with van der Waals surface area (Å²) < 4.78 is 5.79. The molecule has 0 radical (unpaired) electrons. The normalized spacial score (nSPS) is 16.6. The number of oxazole rings is 1. The summed E-state index contributed by atoms with van der Waals surface area (Å²) >= 11 is 0. The topological polar surface area (TPSA) is 94.8 Å². The van der Waals surface area contributed by atoms with Crippen LogP contribution in [0.3, 0.4) is 0 Å². The molecule has 0 aliphatic carbocycles. The molecule has 1 fully saturated rings. The summed E-state index contributed by atoms with van der Waals surface area (Å²) in [7, 11) is 3.43. The molecule has 9 heteroatoms. The molecule has 1 aliphatic rings. The van der Waals surface area contributed by atoms with Crippen molar-refractivity contribution in [3.63, 3.8) is 0 Å². The Morgan fingerprint density at radius 3 is 2.56 bits per heavy atom. The number of aliphatic imine (C=N–C) groups is 1. The molecule has 1 aromatic rings. The molecule has 2 heterocycles. The van der Waals surface area contributed by atoms with E-state index in [0.29, 0.717) is 25.0 Å². The number of aromatic nitrogens is 1. The van der Waals surface area contributed by atoms with Crippen molar-refractivity contribution in [1.82, 2.24) is 25.8 Å². The van der Waals surface area contributed by atoms with Gasteiger partial charge in [-0.15, -0.1) is 24.0 Å². The van der Waals surface area contributed by atoms with Crippen molar-refractivity contribution >= 4 is 35.8 Å². The van der Waals surface area contributed by atoms with E-state index in [2.05, 4.69) is 51.6 Å². The molecule has 0 unspecified atom stereocenters. The second-order valence-electron chi connectivity index (χ2n) is 7.66. The Morgan fingerprint density at radius 1 is 1.37 bits per heavy atom. The highest BCUT2D eigenvalue weighted by Gasteiger charge is 2.22. The summed E-state index contributed by atoms with van der Waals surface area (Å²) in [6.07, 6.45) is 3.74. The Balaban J connectivity index is 0.00000364. The van der Waals surface area contributed by atoms with Gasteiger partial charge < -0.3 is 20.4 Å². The van der Waals surface area contributed by atoms with E-state index < -0.39 is 0 Å². The fourth-order valence-corrected chi connectivity index (χ4v) is 2.80. The monoisotopic (exact) mass is 492 g/mol. The second kappa shape index (κ2) is 10.8. The van der Waals surface area contributed by atoms with Gasteiger partial charge >= 0.3 is 0 Å². The number of halogens is 1. The molecule has 0 bridgehead atoms. The second-order valence-corrected chi connectivity index (χ2v) is 7.66. The predicted molar refractivity (Wildman–Crippen MR) is 117 cm³/mol. The summed E-state index contributed by atoms with van der Waals surface area (Å²) in [4.78, 5) is 22.2. The van der Waals surface area contributed by atoms with E-state index in [9.17, 15) is 4.79 Å². The smallest absolute Gasteiger partial charge is 0.233 e. The van der Waals surface area contributed by atoms with Gasteiger partial charge in [0.15, 0.2) is 5.96 Å². The number of hydrogen-bond donors (Lipinski definition) is 3. The average Bonchev–Trinajstić information content (AvgIpc) is 3.09. The van der Waals surface area contributed by atoms with Crippen LogP contribution in [0.15, 0.2) is 15.6 Å². The van der Waals surface area contributed by atoms with Gasteiger partial charge in [-0.05, 0) is 12.8 Å². The third-order valence-corrected chi connectivity index (χ3v) is 4.50. The van der Waals surface area contributed by atoms with E-state index in [1.54, 1.807) is 20.3 Å². The zero-order chi connectivity index (χ0) is 19.2. The van der Waals surface area contributed by atoms with Gasteiger partial charge in [-0.25, -0.2) is 4.98 Å². The van der Waals surface area contributed by atoms with Crippen LogP contribution in [-0.4, -0.2) is 61.5 Å². The minimum Gasteiger partial charge on any atom is -0.443 e. The van der Waals surface area contributed by atoms with Crippen LogP contribution in [0.1, 0.15) is 45.3 Å². The number of carbonyl (C=O) groups excluding carboxylic acids is 1.